The molecule has 35 heavy (non-hydrogen) atoms. The second-order valence-electron chi connectivity index (χ2n) is 8.78. The van der Waals surface area contributed by atoms with Crippen molar-refractivity contribution in [3.63, 3.8) is 0 Å². The van der Waals surface area contributed by atoms with Gasteiger partial charge in [-0.25, -0.2) is 17.5 Å². The van der Waals surface area contributed by atoms with Crippen LogP contribution in [0.15, 0.2) is 57.7 Å². The van der Waals surface area contributed by atoms with Crippen LogP contribution < -0.4 is 0 Å². The SMILES string of the molecule is CC1CC(C)CN(S(=O)(=O)c2ccc3c(c2)/C(=N/O)c2ccccc2/C3=N/OCOP(=O)(O)O)C1. The van der Waals surface area contributed by atoms with Crippen molar-refractivity contribution in [3.05, 3.63) is 64.7 Å². The molecule has 0 saturated carbocycles. The lowest BCUT2D eigenvalue weighted by atomic mass is 9.83. The maximum absolute atomic E-state index is 13.5. The molecule has 2 aromatic carbocycles. The van der Waals surface area contributed by atoms with Crippen LogP contribution in [-0.4, -0.2) is 59.0 Å². The Morgan fingerprint density at radius 3 is 2.20 bits per heavy atom. The Morgan fingerprint density at radius 2 is 1.60 bits per heavy atom. The predicted octanol–water partition coefficient (Wildman–Crippen LogP) is 2.73. The molecule has 188 valence electrons. The average Bonchev–Trinajstić information content (AvgIpc) is 2.79. The highest BCUT2D eigenvalue weighted by Gasteiger charge is 2.34. The molecule has 2 aromatic rings. The Morgan fingerprint density at radius 1 is 1.00 bits per heavy atom. The first-order valence-electron chi connectivity index (χ1n) is 10.9. The van der Waals surface area contributed by atoms with Crippen LogP contribution >= 0.6 is 7.82 Å². The molecule has 1 fully saturated rings. The van der Waals surface area contributed by atoms with Crippen LogP contribution in [0, 0.1) is 11.8 Å². The largest absolute Gasteiger partial charge is 0.472 e. The maximum Gasteiger partial charge on any atom is 0.472 e. The smallest absolute Gasteiger partial charge is 0.410 e. The van der Waals surface area contributed by atoms with E-state index in [1.54, 1.807) is 30.3 Å². The van der Waals surface area contributed by atoms with Gasteiger partial charge in [0.05, 0.1) is 4.90 Å². The summed E-state index contributed by atoms with van der Waals surface area (Å²) in [5.74, 6) is 0.470. The van der Waals surface area contributed by atoms with E-state index in [2.05, 4.69) is 14.8 Å². The zero-order valence-corrected chi connectivity index (χ0v) is 20.8. The van der Waals surface area contributed by atoms with Gasteiger partial charge in [-0.3, -0.25) is 0 Å². The van der Waals surface area contributed by atoms with E-state index in [4.69, 9.17) is 14.6 Å². The monoisotopic (exact) mass is 523 g/mol. The highest BCUT2D eigenvalue weighted by molar-refractivity contribution is 7.89. The minimum absolute atomic E-state index is 0.0585. The summed E-state index contributed by atoms with van der Waals surface area (Å²) in [5.41, 5.74) is 2.18. The summed E-state index contributed by atoms with van der Waals surface area (Å²) in [6.07, 6.45) is 0.958. The van der Waals surface area contributed by atoms with Crippen LogP contribution in [0.3, 0.4) is 0 Å². The third kappa shape index (κ3) is 5.32. The number of nitrogens with zero attached hydrogens (tertiary/aromatic N) is 3. The first kappa shape index (κ1) is 25.5. The lowest BCUT2D eigenvalue weighted by Crippen LogP contribution is -2.42. The van der Waals surface area contributed by atoms with Gasteiger partial charge in [-0.05, 0) is 30.4 Å². The summed E-state index contributed by atoms with van der Waals surface area (Å²) in [4.78, 5) is 22.7. The highest BCUT2D eigenvalue weighted by atomic mass is 32.2. The molecule has 2 aliphatic rings. The van der Waals surface area contributed by atoms with Gasteiger partial charge >= 0.3 is 7.82 Å². The van der Waals surface area contributed by atoms with Crippen molar-refractivity contribution in [3.8, 4) is 0 Å². The lowest BCUT2D eigenvalue weighted by molar-refractivity contribution is 0.00129. The third-order valence-electron chi connectivity index (χ3n) is 5.94. The van der Waals surface area contributed by atoms with Crippen LogP contribution in [0.4, 0.5) is 0 Å². The molecule has 11 nitrogen and oxygen atoms in total. The summed E-state index contributed by atoms with van der Waals surface area (Å²) >= 11 is 0. The molecule has 13 heteroatoms. The molecular formula is C22H26N3O8PS. The first-order chi connectivity index (χ1) is 16.5. The minimum Gasteiger partial charge on any atom is -0.410 e. The van der Waals surface area contributed by atoms with E-state index in [0.29, 0.717) is 35.3 Å². The fraction of sp³-hybridized carbons (Fsp3) is 0.364. The molecule has 0 aromatic heterocycles. The number of fused-ring (bicyclic) bond motifs is 2. The van der Waals surface area contributed by atoms with E-state index < -0.39 is 24.6 Å². The molecule has 1 aliphatic carbocycles. The van der Waals surface area contributed by atoms with E-state index in [1.807, 2.05) is 13.8 Å². The van der Waals surface area contributed by atoms with Crippen LogP contribution in [0.25, 0.3) is 0 Å². The van der Waals surface area contributed by atoms with Gasteiger partial charge < -0.3 is 19.8 Å². The van der Waals surface area contributed by atoms with E-state index in [1.165, 1.54) is 16.4 Å². The van der Waals surface area contributed by atoms with Gasteiger partial charge in [-0.2, -0.15) is 4.31 Å². The average molecular weight is 524 g/mol. The Hall–Kier alpha value is -2.60. The number of piperidine rings is 1. The Balaban J connectivity index is 1.77. The normalized spacial score (nSPS) is 23.2. The van der Waals surface area contributed by atoms with Crippen molar-refractivity contribution in [2.75, 3.05) is 19.9 Å². The number of sulfonamides is 1. The van der Waals surface area contributed by atoms with Crippen LogP contribution in [-0.2, 0) is 23.9 Å². The van der Waals surface area contributed by atoms with Crippen LogP contribution in [0.2, 0.25) is 0 Å². The number of phosphoric acid groups is 1. The molecule has 1 saturated heterocycles. The van der Waals surface area contributed by atoms with Crippen LogP contribution in [0.5, 0.6) is 0 Å². The van der Waals surface area contributed by atoms with Crippen LogP contribution in [0.1, 0.15) is 42.5 Å². The second-order valence-corrected chi connectivity index (χ2v) is 12.0. The first-order valence-corrected chi connectivity index (χ1v) is 13.8. The van der Waals surface area contributed by atoms with Crippen molar-refractivity contribution in [1.82, 2.24) is 4.31 Å². The predicted molar refractivity (Wildman–Crippen MR) is 127 cm³/mol. The minimum atomic E-state index is -4.75. The molecule has 0 bridgehead atoms. The lowest BCUT2D eigenvalue weighted by Gasteiger charge is -2.34. The number of rotatable bonds is 6. The highest BCUT2D eigenvalue weighted by Crippen LogP contribution is 2.36. The molecule has 0 amide bonds. The zero-order valence-electron chi connectivity index (χ0n) is 19.1. The van der Waals surface area contributed by atoms with E-state index in [-0.39, 0.29) is 28.2 Å². The topological polar surface area (TPSA) is 158 Å². The van der Waals surface area contributed by atoms with Gasteiger partial charge in [-0.15, -0.1) is 0 Å². The molecule has 2 atom stereocenters. The number of phosphoric ester groups is 1. The van der Waals surface area contributed by atoms with Crippen molar-refractivity contribution in [1.29, 1.82) is 0 Å². The van der Waals surface area contributed by atoms with Crippen molar-refractivity contribution < 1.29 is 37.3 Å². The molecular weight excluding hydrogens is 497 g/mol. The molecule has 2 unspecified atom stereocenters. The van der Waals surface area contributed by atoms with Gasteiger partial charge in [-0.1, -0.05) is 54.5 Å². The number of hydrogen-bond acceptors (Lipinski definition) is 8. The van der Waals surface area contributed by atoms with Crippen molar-refractivity contribution >= 4 is 29.3 Å². The van der Waals surface area contributed by atoms with Gasteiger partial charge in [0.1, 0.15) is 11.4 Å². The summed E-state index contributed by atoms with van der Waals surface area (Å²) in [5, 5.41) is 17.3. The molecule has 3 N–H and O–H groups in total. The molecule has 0 radical (unpaired) electrons. The van der Waals surface area contributed by atoms with Gasteiger partial charge in [0.2, 0.25) is 16.8 Å². The van der Waals surface area contributed by atoms with E-state index >= 15 is 0 Å². The van der Waals surface area contributed by atoms with E-state index in [9.17, 15) is 18.2 Å². The summed E-state index contributed by atoms with van der Waals surface area (Å²) < 4.78 is 43.6. The Labute approximate surface area is 203 Å². The Kier molecular flexibility index (Phi) is 7.14. The summed E-state index contributed by atoms with van der Waals surface area (Å²) in [6, 6.07) is 11.3. The number of oxime groups is 2. The van der Waals surface area contributed by atoms with Gasteiger partial charge in [0.25, 0.3) is 0 Å². The summed E-state index contributed by atoms with van der Waals surface area (Å²) in [7, 11) is -8.55. The molecule has 0 spiro atoms. The van der Waals surface area contributed by atoms with Crippen molar-refractivity contribution in [2.24, 2.45) is 22.1 Å². The number of hydrogen-bond donors (Lipinski definition) is 3. The standard InChI is InChI=1S/C22H26N3O8PS/c1-14-9-15(2)12-25(11-14)35(30,31)16-7-8-19-20(10-16)21(23-26)17-5-3-4-6-18(17)22(19)24-32-13-33-34(27,28)29/h3-8,10,14-15,26H,9,11-13H2,1-2H3,(H2,27,28,29)/b23-21+,24-22-. The fourth-order valence-electron chi connectivity index (χ4n) is 4.61. The van der Waals surface area contributed by atoms with Gasteiger partial charge in [0, 0.05) is 35.3 Å². The third-order valence-corrected chi connectivity index (χ3v) is 8.21. The molecule has 4 rings (SSSR count). The van der Waals surface area contributed by atoms with E-state index in [0.717, 1.165) is 6.42 Å². The zero-order chi connectivity index (χ0) is 25.4. The second kappa shape index (κ2) is 9.81. The molecule has 1 aliphatic heterocycles. The fourth-order valence-corrected chi connectivity index (χ4v) is 6.50. The Bertz CT molecular complexity index is 1330. The van der Waals surface area contributed by atoms with Gasteiger partial charge in [0.15, 0.2) is 0 Å². The molecule has 1 heterocycles. The summed E-state index contributed by atoms with van der Waals surface area (Å²) in [6.45, 7) is 4.10. The number of benzene rings is 2. The van der Waals surface area contributed by atoms with Crippen molar-refractivity contribution in [2.45, 2.75) is 25.2 Å². The quantitative estimate of drug-likeness (QED) is 0.146. The maximum atomic E-state index is 13.5.